The fourth-order valence-electron chi connectivity index (χ4n) is 2.58. The molecule has 0 aromatic carbocycles. The van der Waals surface area contributed by atoms with Crippen molar-refractivity contribution in [3.63, 3.8) is 0 Å². The summed E-state index contributed by atoms with van der Waals surface area (Å²) in [6.07, 6.45) is 2.94. The second kappa shape index (κ2) is 6.24. The molecule has 1 aliphatic rings. The molecule has 2 heterocycles. The maximum absolute atomic E-state index is 10.8. The number of hydrogen-bond donors (Lipinski definition) is 2. The molecular formula is C14H18N4O2. The summed E-state index contributed by atoms with van der Waals surface area (Å²) in [6, 6.07) is 5.47. The Morgan fingerprint density at radius 3 is 2.95 bits per heavy atom. The van der Waals surface area contributed by atoms with Crippen molar-refractivity contribution >= 4 is 17.6 Å². The van der Waals surface area contributed by atoms with Crippen molar-refractivity contribution in [2.24, 2.45) is 5.92 Å². The summed E-state index contributed by atoms with van der Waals surface area (Å²) < 4.78 is 0. The van der Waals surface area contributed by atoms with Crippen LogP contribution in [-0.4, -0.2) is 29.1 Å². The molecule has 1 aromatic heterocycles. The number of nitrogen functional groups attached to an aromatic ring is 1. The summed E-state index contributed by atoms with van der Waals surface area (Å²) >= 11 is 0. The fraction of sp³-hybridized carbons (Fsp3) is 0.500. The molecule has 6 nitrogen and oxygen atoms in total. The zero-order valence-electron chi connectivity index (χ0n) is 11.2. The maximum Gasteiger partial charge on any atom is 0.303 e. The number of pyridine rings is 1. The van der Waals surface area contributed by atoms with Crippen molar-refractivity contribution in [1.82, 2.24) is 4.98 Å². The van der Waals surface area contributed by atoms with Crippen LogP contribution in [0.4, 0.5) is 11.6 Å². The Labute approximate surface area is 117 Å². The first-order chi connectivity index (χ1) is 9.60. The van der Waals surface area contributed by atoms with Crippen molar-refractivity contribution in [2.45, 2.75) is 25.7 Å². The number of carbonyl (C=O) groups is 1. The van der Waals surface area contributed by atoms with E-state index in [0.29, 0.717) is 5.56 Å². The van der Waals surface area contributed by atoms with Crippen molar-refractivity contribution in [3.8, 4) is 6.07 Å². The summed E-state index contributed by atoms with van der Waals surface area (Å²) in [5.74, 6) is 0.506. The number of carboxylic acid groups (broad SMARTS) is 1. The molecule has 20 heavy (non-hydrogen) atoms. The Balaban J connectivity index is 2.05. The van der Waals surface area contributed by atoms with E-state index < -0.39 is 5.97 Å². The minimum absolute atomic E-state index is 0.230. The van der Waals surface area contributed by atoms with Crippen molar-refractivity contribution in [2.75, 3.05) is 23.7 Å². The van der Waals surface area contributed by atoms with Gasteiger partial charge >= 0.3 is 5.97 Å². The van der Waals surface area contributed by atoms with Crippen LogP contribution in [0.15, 0.2) is 12.1 Å². The van der Waals surface area contributed by atoms with Gasteiger partial charge in [-0.15, -0.1) is 0 Å². The Hall–Kier alpha value is -2.29. The smallest absolute Gasteiger partial charge is 0.303 e. The molecule has 1 aromatic rings. The van der Waals surface area contributed by atoms with Crippen LogP contribution in [-0.2, 0) is 4.79 Å². The first kappa shape index (κ1) is 14.1. The van der Waals surface area contributed by atoms with Crippen LogP contribution in [0.2, 0.25) is 0 Å². The maximum atomic E-state index is 10.8. The van der Waals surface area contributed by atoms with Crippen LogP contribution in [0, 0.1) is 17.2 Å². The average molecular weight is 274 g/mol. The number of hydrogen-bond acceptors (Lipinski definition) is 5. The van der Waals surface area contributed by atoms with Gasteiger partial charge in [0.1, 0.15) is 17.7 Å². The molecule has 0 aliphatic carbocycles. The van der Waals surface area contributed by atoms with Gasteiger partial charge in [-0.3, -0.25) is 4.79 Å². The van der Waals surface area contributed by atoms with E-state index in [4.69, 9.17) is 16.1 Å². The highest BCUT2D eigenvalue weighted by molar-refractivity contribution is 5.67. The quantitative estimate of drug-likeness (QED) is 0.868. The molecule has 1 aliphatic heterocycles. The third-order valence-corrected chi connectivity index (χ3v) is 3.67. The number of nitrogens with two attached hydrogens (primary N) is 1. The van der Waals surface area contributed by atoms with Crippen molar-refractivity contribution in [3.05, 3.63) is 17.7 Å². The van der Waals surface area contributed by atoms with Gasteiger partial charge in [0.25, 0.3) is 0 Å². The first-order valence-electron chi connectivity index (χ1n) is 6.73. The minimum atomic E-state index is -0.732. The largest absolute Gasteiger partial charge is 0.481 e. The summed E-state index contributed by atoms with van der Waals surface area (Å²) in [4.78, 5) is 17.1. The van der Waals surface area contributed by atoms with E-state index in [1.165, 1.54) is 0 Å². The van der Waals surface area contributed by atoms with Crippen molar-refractivity contribution < 1.29 is 9.90 Å². The van der Waals surface area contributed by atoms with Crippen LogP contribution in [0.5, 0.6) is 0 Å². The molecular weight excluding hydrogens is 256 g/mol. The van der Waals surface area contributed by atoms with Crippen LogP contribution in [0.3, 0.4) is 0 Å². The van der Waals surface area contributed by atoms with Gasteiger partial charge in [0, 0.05) is 19.5 Å². The Morgan fingerprint density at radius 2 is 2.30 bits per heavy atom. The average Bonchev–Trinajstić information content (AvgIpc) is 2.63. The normalized spacial score (nSPS) is 19.1. The predicted octanol–water partition coefficient (Wildman–Crippen LogP) is 1.62. The molecule has 1 saturated heterocycles. The van der Waals surface area contributed by atoms with Gasteiger partial charge in [-0.25, -0.2) is 4.98 Å². The van der Waals surface area contributed by atoms with Crippen LogP contribution in [0.1, 0.15) is 31.2 Å². The second-order valence-electron chi connectivity index (χ2n) is 5.10. The molecule has 106 valence electrons. The summed E-state index contributed by atoms with van der Waals surface area (Å²) in [6.45, 7) is 1.62. The third kappa shape index (κ3) is 3.38. The van der Waals surface area contributed by atoms with Gasteiger partial charge < -0.3 is 15.7 Å². The number of aromatic nitrogens is 1. The van der Waals surface area contributed by atoms with Gasteiger partial charge in [-0.2, -0.15) is 5.26 Å². The van der Waals surface area contributed by atoms with E-state index in [2.05, 4.69) is 9.88 Å². The number of nitriles is 1. The van der Waals surface area contributed by atoms with Gasteiger partial charge in [-0.05, 0) is 37.3 Å². The Morgan fingerprint density at radius 1 is 1.50 bits per heavy atom. The lowest BCUT2D eigenvalue weighted by molar-refractivity contribution is -0.138. The molecule has 0 bridgehead atoms. The summed E-state index contributed by atoms with van der Waals surface area (Å²) in [5.41, 5.74) is 6.11. The number of rotatable bonds is 3. The van der Waals surface area contributed by atoms with E-state index >= 15 is 0 Å². The van der Waals surface area contributed by atoms with Crippen molar-refractivity contribution in [1.29, 1.82) is 5.26 Å². The van der Waals surface area contributed by atoms with Crippen LogP contribution >= 0.6 is 0 Å². The molecule has 1 unspecified atom stereocenters. The van der Waals surface area contributed by atoms with E-state index in [-0.39, 0.29) is 18.2 Å². The molecule has 0 radical (unpaired) electrons. The first-order valence-corrected chi connectivity index (χ1v) is 6.73. The molecule has 0 spiro atoms. The number of aliphatic carboxylic acids is 1. The van der Waals surface area contributed by atoms with Gasteiger partial charge in [0.15, 0.2) is 0 Å². The number of nitrogens with zero attached hydrogens (tertiary/aromatic N) is 3. The molecule has 6 heteroatoms. The summed E-state index contributed by atoms with van der Waals surface area (Å²) in [5, 5.41) is 17.7. The zero-order chi connectivity index (χ0) is 14.5. The molecule has 0 saturated carbocycles. The Kier molecular flexibility index (Phi) is 4.41. The van der Waals surface area contributed by atoms with E-state index in [9.17, 15) is 4.79 Å². The molecule has 1 atom stereocenters. The molecule has 1 fully saturated rings. The van der Waals surface area contributed by atoms with Gasteiger partial charge in [0.05, 0.1) is 5.56 Å². The SMILES string of the molecule is N#Cc1ccc(N2CCCC(CC(=O)O)CC2)nc1N. The number of carboxylic acids is 1. The van der Waals surface area contributed by atoms with Crippen LogP contribution in [0.25, 0.3) is 0 Å². The van der Waals surface area contributed by atoms with Crippen LogP contribution < -0.4 is 10.6 Å². The third-order valence-electron chi connectivity index (χ3n) is 3.67. The second-order valence-corrected chi connectivity index (χ2v) is 5.10. The molecule has 3 N–H and O–H groups in total. The topological polar surface area (TPSA) is 103 Å². The number of anilines is 2. The standard InChI is InChI=1S/C14H18N4O2/c15-9-11-3-4-12(17-14(11)16)18-6-1-2-10(5-7-18)8-13(19)20/h3-4,10H,1-2,5-8H2,(H2,16,17)(H,19,20). The highest BCUT2D eigenvalue weighted by Gasteiger charge is 2.20. The predicted molar refractivity (Wildman–Crippen MR) is 75.2 cm³/mol. The lowest BCUT2D eigenvalue weighted by Crippen LogP contribution is -2.25. The lowest BCUT2D eigenvalue weighted by atomic mass is 9.97. The lowest BCUT2D eigenvalue weighted by Gasteiger charge is -2.22. The van der Waals surface area contributed by atoms with E-state index in [1.54, 1.807) is 12.1 Å². The Bertz CT molecular complexity index is 538. The van der Waals surface area contributed by atoms with Gasteiger partial charge in [-0.1, -0.05) is 0 Å². The highest BCUT2D eigenvalue weighted by Crippen LogP contribution is 2.24. The highest BCUT2D eigenvalue weighted by atomic mass is 16.4. The fourth-order valence-corrected chi connectivity index (χ4v) is 2.58. The molecule has 0 amide bonds. The zero-order valence-corrected chi connectivity index (χ0v) is 11.2. The van der Waals surface area contributed by atoms with E-state index in [0.717, 1.165) is 38.2 Å². The van der Waals surface area contributed by atoms with E-state index in [1.807, 2.05) is 6.07 Å². The molecule has 2 rings (SSSR count). The van der Waals surface area contributed by atoms with Gasteiger partial charge in [0.2, 0.25) is 0 Å². The summed E-state index contributed by atoms with van der Waals surface area (Å²) in [7, 11) is 0. The monoisotopic (exact) mass is 274 g/mol. The minimum Gasteiger partial charge on any atom is -0.481 e.